The smallest absolute Gasteiger partial charge is 0.244 e. The maximum atomic E-state index is 13.8. The molecule has 8 heteroatoms. The van der Waals surface area contributed by atoms with Crippen LogP contribution in [0, 0.1) is 5.82 Å². The van der Waals surface area contributed by atoms with Gasteiger partial charge in [-0.1, -0.05) is 13.0 Å². The quantitative estimate of drug-likeness (QED) is 0.851. The second kappa shape index (κ2) is 6.61. The van der Waals surface area contributed by atoms with Crippen molar-refractivity contribution in [3.8, 4) is 0 Å². The Hall–Kier alpha value is -1.35. The first kappa shape index (κ1) is 16.0. The van der Waals surface area contributed by atoms with Gasteiger partial charge < -0.3 is 5.11 Å². The zero-order valence-electron chi connectivity index (χ0n) is 11.3. The van der Waals surface area contributed by atoms with Gasteiger partial charge in [-0.2, -0.15) is 0 Å². The number of benzene rings is 1. The summed E-state index contributed by atoms with van der Waals surface area (Å²) in [6, 6.07) is 3.00. The predicted molar refractivity (Wildman–Crippen MR) is 77.8 cm³/mol. The number of halogens is 1. The van der Waals surface area contributed by atoms with Crippen molar-refractivity contribution < 1.29 is 17.9 Å². The van der Waals surface area contributed by atoms with Gasteiger partial charge in [0.05, 0.1) is 12.6 Å². The Morgan fingerprint density at radius 2 is 2.24 bits per heavy atom. The average molecular weight is 330 g/mol. The first-order valence-electron chi connectivity index (χ1n) is 6.29. The van der Waals surface area contributed by atoms with Crippen LogP contribution in [0.3, 0.4) is 0 Å². The molecule has 0 aliphatic rings. The molecule has 0 saturated carbocycles. The Bertz CT molecular complexity index is 702. The van der Waals surface area contributed by atoms with E-state index in [9.17, 15) is 12.8 Å². The van der Waals surface area contributed by atoms with Crippen LogP contribution in [0.5, 0.6) is 0 Å². The summed E-state index contributed by atoms with van der Waals surface area (Å²) in [4.78, 5) is 3.61. The summed E-state index contributed by atoms with van der Waals surface area (Å²) in [7, 11) is -4.03. The van der Waals surface area contributed by atoms with Crippen LogP contribution in [-0.4, -0.2) is 18.5 Å². The Kier molecular flexibility index (Phi) is 5.04. The van der Waals surface area contributed by atoms with Gasteiger partial charge in [0.15, 0.2) is 0 Å². The monoisotopic (exact) mass is 330 g/mol. The van der Waals surface area contributed by atoms with E-state index in [-0.39, 0.29) is 6.61 Å². The average Bonchev–Trinajstić information content (AvgIpc) is 2.99. The minimum Gasteiger partial charge on any atom is -0.392 e. The molecule has 0 aliphatic carbocycles. The normalized spacial score (nSPS) is 13.3. The van der Waals surface area contributed by atoms with Gasteiger partial charge in [-0.05, 0) is 24.1 Å². The van der Waals surface area contributed by atoms with Crippen LogP contribution in [0.1, 0.15) is 30.0 Å². The number of thiazole rings is 1. The molecule has 0 bridgehead atoms. The van der Waals surface area contributed by atoms with Crippen LogP contribution >= 0.6 is 11.3 Å². The number of sulfonamides is 1. The summed E-state index contributed by atoms with van der Waals surface area (Å²) in [6.07, 6.45) is 2.08. The molecular formula is C13H15FN2O3S2. The van der Waals surface area contributed by atoms with Crippen molar-refractivity contribution in [3.63, 3.8) is 0 Å². The molecular weight excluding hydrogens is 315 g/mol. The molecule has 2 N–H and O–H groups in total. The lowest BCUT2D eigenvalue weighted by atomic mass is 10.2. The standard InChI is InChI=1S/C13H15FN2O3S2/c1-2-11(13-15-5-6-20-13)16-21(18,19)12-7-9(8-17)3-4-10(12)14/h3-7,11,16-17H,2,8H2,1H3. The topological polar surface area (TPSA) is 79.3 Å². The van der Waals surface area contributed by atoms with E-state index in [1.807, 2.05) is 6.92 Å². The number of aliphatic hydroxyl groups is 1. The van der Waals surface area contributed by atoms with Crippen molar-refractivity contribution in [2.75, 3.05) is 0 Å². The summed E-state index contributed by atoms with van der Waals surface area (Å²) in [5.74, 6) is -0.853. The summed E-state index contributed by atoms with van der Waals surface area (Å²) < 4.78 is 40.9. The van der Waals surface area contributed by atoms with E-state index >= 15 is 0 Å². The number of hydrogen-bond acceptors (Lipinski definition) is 5. The number of aromatic nitrogens is 1. The zero-order valence-corrected chi connectivity index (χ0v) is 12.9. The number of nitrogens with one attached hydrogen (secondary N) is 1. The molecule has 1 aromatic carbocycles. The van der Waals surface area contributed by atoms with Gasteiger partial charge in [0.1, 0.15) is 15.7 Å². The molecule has 1 atom stereocenters. The number of aliphatic hydroxyl groups excluding tert-OH is 1. The van der Waals surface area contributed by atoms with Crippen molar-refractivity contribution >= 4 is 21.4 Å². The maximum absolute atomic E-state index is 13.8. The molecule has 0 saturated heterocycles. The molecule has 1 aromatic heterocycles. The number of rotatable bonds is 6. The molecule has 5 nitrogen and oxygen atoms in total. The van der Waals surface area contributed by atoms with Gasteiger partial charge in [0.2, 0.25) is 10.0 Å². The van der Waals surface area contributed by atoms with E-state index in [0.717, 1.165) is 12.1 Å². The molecule has 1 unspecified atom stereocenters. The summed E-state index contributed by atoms with van der Waals surface area (Å²) >= 11 is 1.33. The van der Waals surface area contributed by atoms with E-state index in [2.05, 4.69) is 9.71 Å². The highest BCUT2D eigenvalue weighted by molar-refractivity contribution is 7.89. The maximum Gasteiger partial charge on any atom is 0.244 e. The lowest BCUT2D eigenvalue weighted by Crippen LogP contribution is -2.29. The third kappa shape index (κ3) is 3.65. The van der Waals surface area contributed by atoms with Crippen molar-refractivity contribution in [1.82, 2.24) is 9.71 Å². The molecule has 0 spiro atoms. The van der Waals surface area contributed by atoms with Crippen LogP contribution in [0.4, 0.5) is 4.39 Å². The molecule has 0 radical (unpaired) electrons. The second-order valence-electron chi connectivity index (χ2n) is 4.38. The van der Waals surface area contributed by atoms with E-state index in [1.165, 1.54) is 17.4 Å². The first-order chi connectivity index (χ1) is 9.97. The predicted octanol–water partition coefficient (Wildman–Crippen LogP) is 2.20. The minimum absolute atomic E-state index is 0.332. The van der Waals surface area contributed by atoms with Gasteiger partial charge in [-0.25, -0.2) is 22.5 Å². The molecule has 2 rings (SSSR count). The Balaban J connectivity index is 2.34. The van der Waals surface area contributed by atoms with Crippen molar-refractivity contribution in [1.29, 1.82) is 0 Å². The molecule has 114 valence electrons. The molecule has 0 amide bonds. The summed E-state index contributed by atoms with van der Waals surface area (Å²) in [6.45, 7) is 1.46. The first-order valence-corrected chi connectivity index (χ1v) is 8.65. The highest BCUT2D eigenvalue weighted by Gasteiger charge is 2.24. The fourth-order valence-corrected chi connectivity index (χ4v) is 4.08. The van der Waals surface area contributed by atoms with E-state index in [0.29, 0.717) is 17.0 Å². The largest absolute Gasteiger partial charge is 0.392 e. The van der Waals surface area contributed by atoms with E-state index in [4.69, 9.17) is 5.11 Å². The zero-order chi connectivity index (χ0) is 15.5. The van der Waals surface area contributed by atoms with Gasteiger partial charge in [-0.3, -0.25) is 0 Å². The highest BCUT2D eigenvalue weighted by atomic mass is 32.2. The third-order valence-corrected chi connectivity index (χ3v) is 5.30. The number of nitrogens with zero attached hydrogens (tertiary/aromatic N) is 1. The van der Waals surface area contributed by atoms with Crippen LogP contribution < -0.4 is 4.72 Å². The summed E-state index contributed by atoms with van der Waals surface area (Å²) in [5, 5.41) is 11.4. The van der Waals surface area contributed by atoms with Crippen LogP contribution in [0.15, 0.2) is 34.7 Å². The summed E-state index contributed by atoms with van der Waals surface area (Å²) in [5.41, 5.74) is 0.332. The van der Waals surface area contributed by atoms with Crippen molar-refractivity contribution in [3.05, 3.63) is 46.2 Å². The Morgan fingerprint density at radius 3 is 2.81 bits per heavy atom. The van der Waals surface area contributed by atoms with Gasteiger partial charge in [-0.15, -0.1) is 11.3 Å². The third-order valence-electron chi connectivity index (χ3n) is 2.92. The van der Waals surface area contributed by atoms with Crippen LogP contribution in [0.2, 0.25) is 0 Å². The molecule has 1 heterocycles. The van der Waals surface area contributed by atoms with Crippen LogP contribution in [0.25, 0.3) is 0 Å². The van der Waals surface area contributed by atoms with Crippen molar-refractivity contribution in [2.24, 2.45) is 0 Å². The van der Waals surface area contributed by atoms with E-state index < -0.39 is 26.8 Å². The lowest BCUT2D eigenvalue weighted by molar-refractivity contribution is 0.281. The Labute approximate surface area is 126 Å². The van der Waals surface area contributed by atoms with E-state index in [1.54, 1.807) is 11.6 Å². The molecule has 0 fully saturated rings. The lowest BCUT2D eigenvalue weighted by Gasteiger charge is -2.15. The highest BCUT2D eigenvalue weighted by Crippen LogP contribution is 2.23. The fourth-order valence-electron chi connectivity index (χ4n) is 1.82. The second-order valence-corrected chi connectivity index (χ2v) is 6.98. The van der Waals surface area contributed by atoms with Gasteiger partial charge in [0, 0.05) is 11.6 Å². The van der Waals surface area contributed by atoms with Gasteiger partial charge >= 0.3 is 0 Å². The SMILES string of the molecule is CCC(NS(=O)(=O)c1cc(CO)ccc1F)c1nccs1. The molecule has 0 aliphatic heterocycles. The van der Waals surface area contributed by atoms with Crippen LogP contribution in [-0.2, 0) is 16.6 Å². The fraction of sp³-hybridized carbons (Fsp3) is 0.308. The molecule has 2 aromatic rings. The van der Waals surface area contributed by atoms with Crippen molar-refractivity contribution in [2.45, 2.75) is 30.9 Å². The minimum atomic E-state index is -4.03. The Morgan fingerprint density at radius 1 is 1.48 bits per heavy atom. The molecule has 21 heavy (non-hydrogen) atoms. The number of hydrogen-bond donors (Lipinski definition) is 2. The van der Waals surface area contributed by atoms with Gasteiger partial charge in [0.25, 0.3) is 0 Å².